The highest BCUT2D eigenvalue weighted by Crippen LogP contribution is 2.15. The van der Waals surface area contributed by atoms with Crippen LogP contribution in [0.15, 0.2) is 30.3 Å². The van der Waals surface area contributed by atoms with Crippen LogP contribution in [-0.4, -0.2) is 5.78 Å². The Balaban J connectivity index is 0.000000720. The van der Waals surface area contributed by atoms with Gasteiger partial charge in [-0.1, -0.05) is 30.3 Å². The van der Waals surface area contributed by atoms with Crippen molar-refractivity contribution in [3.05, 3.63) is 41.5 Å². The normalized spacial score (nSPS) is 12.5. The van der Waals surface area contributed by atoms with Crippen LogP contribution >= 0.6 is 24.8 Å². The predicted octanol–water partition coefficient (Wildman–Crippen LogP) is 2.67. The van der Waals surface area contributed by atoms with E-state index in [0.717, 1.165) is 5.56 Å². The molecule has 1 aliphatic rings. The van der Waals surface area contributed by atoms with Crippen LogP contribution in [0.25, 0.3) is 6.08 Å². The molecular formula is C10H10Cl2O. The molecule has 13 heavy (non-hydrogen) atoms. The number of fused-ring (bicyclic) bond motifs is 1. The molecule has 0 atom stereocenters. The second-order valence-corrected chi connectivity index (χ2v) is 2.68. The maximum absolute atomic E-state index is 10.9. The monoisotopic (exact) mass is 216 g/mol. The number of hydrogen-bond donors (Lipinski definition) is 0. The Morgan fingerprint density at radius 1 is 1.00 bits per heavy atom. The zero-order chi connectivity index (χ0) is 7.68. The van der Waals surface area contributed by atoms with Gasteiger partial charge in [-0.05, 0) is 17.2 Å². The first-order valence-corrected chi connectivity index (χ1v) is 3.65. The smallest absolute Gasteiger partial charge is 0.160 e. The van der Waals surface area contributed by atoms with Crippen molar-refractivity contribution in [3.63, 3.8) is 0 Å². The minimum Gasteiger partial charge on any atom is -0.294 e. The molecule has 0 aliphatic heterocycles. The Kier molecular flexibility index (Phi) is 4.74. The lowest BCUT2D eigenvalue weighted by Crippen LogP contribution is -2.04. The zero-order valence-electron chi connectivity index (χ0n) is 6.90. The number of rotatable bonds is 0. The molecule has 0 radical (unpaired) electrons. The quantitative estimate of drug-likeness (QED) is 0.652. The fourth-order valence-electron chi connectivity index (χ4n) is 1.29. The number of halogens is 2. The summed E-state index contributed by atoms with van der Waals surface area (Å²) in [5.74, 6) is 0.198. The highest BCUT2D eigenvalue weighted by Gasteiger charge is 2.07. The molecule has 1 nitrogen and oxygen atoms in total. The van der Waals surface area contributed by atoms with Crippen LogP contribution in [0.5, 0.6) is 0 Å². The average Bonchev–Trinajstić information content (AvgIpc) is 2.04. The van der Waals surface area contributed by atoms with E-state index in [1.165, 1.54) is 5.56 Å². The lowest BCUT2D eigenvalue weighted by atomic mass is 9.97. The van der Waals surface area contributed by atoms with Crippen molar-refractivity contribution in [2.45, 2.75) is 6.42 Å². The summed E-state index contributed by atoms with van der Waals surface area (Å²) in [6.45, 7) is 0. The van der Waals surface area contributed by atoms with Crippen molar-refractivity contribution in [3.8, 4) is 0 Å². The average molecular weight is 217 g/mol. The highest BCUT2D eigenvalue weighted by molar-refractivity contribution is 5.98. The Bertz CT molecular complexity index is 331. The Morgan fingerprint density at radius 3 is 2.46 bits per heavy atom. The van der Waals surface area contributed by atoms with Crippen molar-refractivity contribution < 1.29 is 4.79 Å². The lowest BCUT2D eigenvalue weighted by molar-refractivity contribution is -0.114. The molecule has 0 spiro atoms. The van der Waals surface area contributed by atoms with Gasteiger partial charge >= 0.3 is 0 Å². The highest BCUT2D eigenvalue weighted by atomic mass is 35.5. The fourth-order valence-corrected chi connectivity index (χ4v) is 1.29. The summed E-state index contributed by atoms with van der Waals surface area (Å²) in [7, 11) is 0. The van der Waals surface area contributed by atoms with E-state index in [1.54, 1.807) is 6.08 Å². The molecule has 1 aromatic rings. The second kappa shape index (κ2) is 5.05. The molecule has 0 aromatic heterocycles. The van der Waals surface area contributed by atoms with Gasteiger partial charge in [0.05, 0.1) is 0 Å². The van der Waals surface area contributed by atoms with E-state index in [4.69, 9.17) is 0 Å². The van der Waals surface area contributed by atoms with E-state index in [1.807, 2.05) is 30.3 Å². The summed E-state index contributed by atoms with van der Waals surface area (Å²) in [6.07, 6.45) is 4.08. The van der Waals surface area contributed by atoms with E-state index in [0.29, 0.717) is 6.42 Å². The Labute approximate surface area is 89.7 Å². The van der Waals surface area contributed by atoms with Gasteiger partial charge in [-0.25, -0.2) is 0 Å². The molecule has 0 bridgehead atoms. The van der Waals surface area contributed by atoms with Crippen LogP contribution < -0.4 is 0 Å². The molecule has 70 valence electrons. The number of carbonyl (C=O) groups is 1. The largest absolute Gasteiger partial charge is 0.294 e. The molecule has 0 unspecified atom stereocenters. The van der Waals surface area contributed by atoms with Crippen molar-refractivity contribution in [1.29, 1.82) is 0 Å². The molecule has 0 N–H and O–H groups in total. The van der Waals surface area contributed by atoms with Crippen LogP contribution in [0.4, 0.5) is 0 Å². The minimum absolute atomic E-state index is 0. The van der Waals surface area contributed by atoms with Gasteiger partial charge < -0.3 is 0 Å². The SMILES string of the molecule is Cl.Cl.O=C1C=Cc2ccccc2C1. The maximum atomic E-state index is 10.9. The third-order valence-electron chi connectivity index (χ3n) is 1.87. The van der Waals surface area contributed by atoms with E-state index in [9.17, 15) is 4.79 Å². The van der Waals surface area contributed by atoms with Gasteiger partial charge in [0.15, 0.2) is 5.78 Å². The molecule has 0 saturated carbocycles. The van der Waals surface area contributed by atoms with Crippen LogP contribution in [-0.2, 0) is 11.2 Å². The van der Waals surface area contributed by atoms with E-state index in [-0.39, 0.29) is 30.6 Å². The standard InChI is InChI=1S/C10H8O.2ClH/c11-10-6-5-8-3-1-2-4-9(8)7-10;;/h1-6H,7H2;2*1H. The molecule has 0 saturated heterocycles. The zero-order valence-corrected chi connectivity index (χ0v) is 8.53. The van der Waals surface area contributed by atoms with Gasteiger partial charge in [0.2, 0.25) is 0 Å². The van der Waals surface area contributed by atoms with Crippen molar-refractivity contribution in [1.82, 2.24) is 0 Å². The van der Waals surface area contributed by atoms with E-state index >= 15 is 0 Å². The van der Waals surface area contributed by atoms with E-state index in [2.05, 4.69) is 0 Å². The van der Waals surface area contributed by atoms with E-state index < -0.39 is 0 Å². The van der Waals surface area contributed by atoms with Crippen molar-refractivity contribution in [2.75, 3.05) is 0 Å². The molecule has 1 aromatic carbocycles. The van der Waals surface area contributed by atoms with Gasteiger partial charge in [0.25, 0.3) is 0 Å². The molecule has 0 amide bonds. The third-order valence-corrected chi connectivity index (χ3v) is 1.87. The number of hydrogen-bond acceptors (Lipinski definition) is 1. The fraction of sp³-hybridized carbons (Fsp3) is 0.100. The van der Waals surface area contributed by atoms with Crippen LogP contribution in [0, 0.1) is 0 Å². The summed E-state index contributed by atoms with van der Waals surface area (Å²) >= 11 is 0. The first-order chi connectivity index (χ1) is 5.36. The number of benzene rings is 1. The Hall–Kier alpha value is -0.790. The number of ketones is 1. The summed E-state index contributed by atoms with van der Waals surface area (Å²) < 4.78 is 0. The van der Waals surface area contributed by atoms with Gasteiger partial charge in [0.1, 0.15) is 0 Å². The molecule has 3 heteroatoms. The van der Waals surface area contributed by atoms with Crippen LogP contribution in [0.2, 0.25) is 0 Å². The van der Waals surface area contributed by atoms with Gasteiger partial charge in [0, 0.05) is 6.42 Å². The summed E-state index contributed by atoms with van der Waals surface area (Å²) in [4.78, 5) is 10.9. The molecule has 0 fully saturated rings. The van der Waals surface area contributed by atoms with Crippen molar-refractivity contribution in [2.24, 2.45) is 0 Å². The summed E-state index contributed by atoms with van der Waals surface area (Å²) in [5, 5.41) is 0. The van der Waals surface area contributed by atoms with Gasteiger partial charge in [-0.2, -0.15) is 0 Å². The first-order valence-electron chi connectivity index (χ1n) is 3.65. The maximum Gasteiger partial charge on any atom is 0.160 e. The molecule has 2 rings (SSSR count). The summed E-state index contributed by atoms with van der Waals surface area (Å²) in [5.41, 5.74) is 2.31. The molecule has 0 heterocycles. The van der Waals surface area contributed by atoms with Crippen LogP contribution in [0.1, 0.15) is 11.1 Å². The Morgan fingerprint density at radius 2 is 1.69 bits per heavy atom. The van der Waals surface area contributed by atoms with Crippen LogP contribution in [0.3, 0.4) is 0 Å². The lowest BCUT2D eigenvalue weighted by Gasteiger charge is -2.07. The summed E-state index contributed by atoms with van der Waals surface area (Å²) in [6, 6.07) is 7.97. The number of carbonyl (C=O) groups excluding carboxylic acids is 1. The van der Waals surface area contributed by atoms with Gasteiger partial charge in [-0.15, -0.1) is 24.8 Å². The molecule has 1 aliphatic carbocycles. The molecular weight excluding hydrogens is 207 g/mol. The minimum atomic E-state index is 0. The van der Waals surface area contributed by atoms with Crippen molar-refractivity contribution >= 4 is 36.7 Å². The predicted molar refractivity (Wildman–Crippen MR) is 58.7 cm³/mol. The topological polar surface area (TPSA) is 17.1 Å². The van der Waals surface area contributed by atoms with Gasteiger partial charge in [-0.3, -0.25) is 4.79 Å². The first kappa shape index (κ1) is 12.2. The third kappa shape index (κ3) is 2.58. The number of allylic oxidation sites excluding steroid dienone is 1. The second-order valence-electron chi connectivity index (χ2n) is 2.68.